The zero-order chi connectivity index (χ0) is 24.4. The molecule has 1 N–H and O–H groups in total. The van der Waals surface area contributed by atoms with Crippen molar-refractivity contribution in [1.82, 2.24) is 10.2 Å². The van der Waals surface area contributed by atoms with Crippen LogP contribution in [-0.2, 0) is 0 Å². The van der Waals surface area contributed by atoms with Crippen LogP contribution in [-0.4, -0.2) is 31.9 Å². The molecule has 0 radical (unpaired) electrons. The number of unbranched alkanes of at least 4 members (excludes halogenated alkanes) is 11. The van der Waals surface area contributed by atoms with Crippen LogP contribution in [0.4, 0.5) is 0 Å². The Morgan fingerprint density at radius 2 is 1.50 bits per heavy atom. The maximum Gasteiger partial charge on any atom is 0.175 e. The predicted octanol–water partition coefficient (Wildman–Crippen LogP) is 9.39. The molecule has 3 fully saturated rings. The average molecular weight is 527 g/mol. The van der Waals surface area contributed by atoms with Crippen molar-refractivity contribution in [2.24, 2.45) is 17.3 Å². The van der Waals surface area contributed by atoms with Gasteiger partial charge in [0.1, 0.15) is 0 Å². The van der Waals surface area contributed by atoms with Gasteiger partial charge in [0.15, 0.2) is 8.68 Å². The minimum Gasteiger partial charge on any atom is -0.392 e. The van der Waals surface area contributed by atoms with Crippen LogP contribution >= 0.6 is 34.9 Å². The van der Waals surface area contributed by atoms with Gasteiger partial charge in [-0.15, -0.1) is 10.2 Å². The number of hydrogen-bond donors (Lipinski definition) is 1. The third-order valence-corrected chi connectivity index (χ3v) is 12.4. The summed E-state index contributed by atoms with van der Waals surface area (Å²) in [6, 6.07) is 0. The number of nitrogens with zero attached hydrogens (tertiary/aromatic N) is 2. The summed E-state index contributed by atoms with van der Waals surface area (Å²) in [5.41, 5.74) is 0.486. The van der Waals surface area contributed by atoms with Gasteiger partial charge in [-0.25, -0.2) is 0 Å². The first-order chi connectivity index (χ1) is 16.3. The van der Waals surface area contributed by atoms with Gasteiger partial charge in [-0.05, 0) is 49.9 Å². The van der Waals surface area contributed by atoms with Gasteiger partial charge in [0.25, 0.3) is 0 Å². The monoisotopic (exact) mass is 526 g/mol. The van der Waals surface area contributed by atoms with E-state index in [1.54, 1.807) is 23.1 Å². The van der Waals surface area contributed by atoms with Gasteiger partial charge in [0.05, 0.1) is 6.10 Å². The molecule has 3 aliphatic rings. The molecule has 4 unspecified atom stereocenters. The smallest absolute Gasteiger partial charge is 0.175 e. The van der Waals surface area contributed by atoms with Crippen LogP contribution in [0, 0.1) is 17.3 Å². The second kappa shape index (κ2) is 14.2. The maximum absolute atomic E-state index is 10.4. The highest BCUT2D eigenvalue weighted by Crippen LogP contribution is 2.67. The summed E-state index contributed by atoms with van der Waals surface area (Å²) in [6.45, 7) is 9.66. The Kier molecular flexibility index (Phi) is 12.1. The van der Waals surface area contributed by atoms with Gasteiger partial charge < -0.3 is 5.11 Å². The highest BCUT2D eigenvalue weighted by Gasteiger charge is 2.59. The molecule has 6 heteroatoms. The third-order valence-electron chi connectivity index (χ3n) is 8.70. The molecule has 4 rings (SSSR count). The van der Waals surface area contributed by atoms with Gasteiger partial charge in [-0.2, -0.15) is 0 Å². The normalized spacial score (nSPS) is 26.4. The number of thioether (sulfide) groups is 2. The van der Waals surface area contributed by atoms with Crippen LogP contribution in [0.15, 0.2) is 8.68 Å². The SMILES string of the molecule is CCCCCCCCCCCCCCC(O)CSc1nnc(SC2(C)CCC3CC2C3(C)C)s1. The van der Waals surface area contributed by atoms with Crippen LogP contribution in [0.1, 0.15) is 130 Å². The molecule has 3 nitrogen and oxygen atoms in total. The Labute approximate surface area is 222 Å². The fraction of sp³-hybridized carbons (Fsp3) is 0.929. The van der Waals surface area contributed by atoms with Crippen molar-refractivity contribution in [3.8, 4) is 0 Å². The quantitative estimate of drug-likeness (QED) is 0.152. The van der Waals surface area contributed by atoms with Crippen molar-refractivity contribution < 1.29 is 5.11 Å². The lowest BCUT2D eigenvalue weighted by molar-refractivity contribution is -0.0851. The van der Waals surface area contributed by atoms with Crippen molar-refractivity contribution in [2.75, 3.05) is 5.75 Å². The molecule has 2 bridgehead atoms. The molecule has 34 heavy (non-hydrogen) atoms. The van der Waals surface area contributed by atoms with E-state index in [9.17, 15) is 5.11 Å². The summed E-state index contributed by atoms with van der Waals surface area (Å²) in [5.74, 6) is 2.46. The lowest BCUT2D eigenvalue weighted by Crippen LogP contribution is -2.58. The molecule has 1 aromatic rings. The van der Waals surface area contributed by atoms with Gasteiger partial charge >= 0.3 is 0 Å². The van der Waals surface area contributed by atoms with Crippen LogP contribution < -0.4 is 0 Å². The summed E-state index contributed by atoms with van der Waals surface area (Å²) < 4.78 is 2.43. The third kappa shape index (κ3) is 8.38. The number of aliphatic hydroxyl groups is 1. The molecule has 3 saturated carbocycles. The Hall–Kier alpha value is 0.220. The molecule has 1 aromatic heterocycles. The van der Waals surface area contributed by atoms with Crippen molar-refractivity contribution in [1.29, 1.82) is 0 Å². The van der Waals surface area contributed by atoms with Crippen LogP contribution in [0.25, 0.3) is 0 Å². The first kappa shape index (κ1) is 28.8. The Morgan fingerprint density at radius 1 is 0.912 bits per heavy atom. The molecule has 0 amide bonds. The van der Waals surface area contributed by atoms with Gasteiger partial charge in [-0.1, -0.05) is 133 Å². The Balaban J connectivity index is 1.21. The molecule has 0 aliphatic heterocycles. The minimum atomic E-state index is -0.225. The molecule has 4 atom stereocenters. The van der Waals surface area contributed by atoms with E-state index in [1.807, 2.05) is 11.8 Å². The van der Waals surface area contributed by atoms with E-state index in [2.05, 4.69) is 37.9 Å². The van der Waals surface area contributed by atoms with Gasteiger partial charge in [-0.3, -0.25) is 0 Å². The number of fused-ring (bicyclic) bond motifs is 2. The number of rotatable bonds is 18. The fourth-order valence-electron chi connectivity index (χ4n) is 6.27. The van der Waals surface area contributed by atoms with E-state index in [0.29, 0.717) is 10.2 Å². The topological polar surface area (TPSA) is 46.0 Å². The van der Waals surface area contributed by atoms with E-state index in [4.69, 9.17) is 0 Å². The largest absolute Gasteiger partial charge is 0.392 e. The molecular formula is C28H50N2OS3. The summed E-state index contributed by atoms with van der Waals surface area (Å²) in [5, 5.41) is 19.3. The van der Waals surface area contributed by atoms with Crippen molar-refractivity contribution in [2.45, 2.75) is 150 Å². The summed E-state index contributed by atoms with van der Waals surface area (Å²) in [4.78, 5) is 0. The second-order valence-electron chi connectivity index (χ2n) is 11.7. The van der Waals surface area contributed by atoms with Crippen molar-refractivity contribution in [3.63, 3.8) is 0 Å². The maximum atomic E-state index is 10.4. The van der Waals surface area contributed by atoms with E-state index in [-0.39, 0.29) is 6.10 Å². The van der Waals surface area contributed by atoms with Crippen molar-refractivity contribution in [3.05, 3.63) is 0 Å². The van der Waals surface area contributed by atoms with Gasteiger partial charge in [0, 0.05) is 10.5 Å². The van der Waals surface area contributed by atoms with Crippen molar-refractivity contribution >= 4 is 34.9 Å². The Bertz CT molecular complexity index is 708. The second-order valence-corrected chi connectivity index (χ2v) is 15.8. The Morgan fingerprint density at radius 3 is 2.09 bits per heavy atom. The molecular weight excluding hydrogens is 477 g/mol. The zero-order valence-corrected chi connectivity index (χ0v) is 24.8. The molecule has 196 valence electrons. The fourth-order valence-corrected chi connectivity index (χ4v) is 10.2. The molecule has 0 spiro atoms. The number of hydrogen-bond acceptors (Lipinski definition) is 6. The van der Waals surface area contributed by atoms with E-state index >= 15 is 0 Å². The molecule has 1 heterocycles. The van der Waals surface area contributed by atoms with E-state index in [0.717, 1.165) is 39.1 Å². The first-order valence-corrected chi connectivity index (χ1v) is 16.8. The lowest BCUT2D eigenvalue weighted by atomic mass is 9.45. The summed E-state index contributed by atoms with van der Waals surface area (Å²) >= 11 is 5.38. The number of aliphatic hydroxyl groups excluding tert-OH is 1. The van der Waals surface area contributed by atoms with E-state index < -0.39 is 0 Å². The first-order valence-electron chi connectivity index (χ1n) is 14.2. The zero-order valence-electron chi connectivity index (χ0n) is 22.3. The highest BCUT2D eigenvalue weighted by molar-refractivity contribution is 8.04. The van der Waals surface area contributed by atoms with Crippen LogP contribution in [0.5, 0.6) is 0 Å². The predicted molar refractivity (Wildman–Crippen MR) is 151 cm³/mol. The van der Waals surface area contributed by atoms with E-state index in [1.165, 1.54) is 89.9 Å². The molecule has 3 aliphatic carbocycles. The number of aromatic nitrogens is 2. The molecule has 0 saturated heterocycles. The average Bonchev–Trinajstić information content (AvgIpc) is 3.24. The summed E-state index contributed by atoms with van der Waals surface area (Å²) in [6.07, 6.45) is 21.1. The molecule has 0 aromatic carbocycles. The van der Waals surface area contributed by atoms with Crippen LogP contribution in [0.3, 0.4) is 0 Å². The summed E-state index contributed by atoms with van der Waals surface area (Å²) in [7, 11) is 0. The van der Waals surface area contributed by atoms with Crippen LogP contribution in [0.2, 0.25) is 0 Å². The standard InChI is InChI=1S/C28H50N2OS3/c1-5-6-7-8-9-10-11-12-13-14-15-16-17-23(31)21-32-25-29-30-26(33-25)34-28(4)19-18-22-20-24(28)27(22,2)3/h22-24,31H,5-21H2,1-4H3. The van der Waals surface area contributed by atoms with Gasteiger partial charge in [0.2, 0.25) is 0 Å². The minimum absolute atomic E-state index is 0.225. The lowest BCUT2D eigenvalue weighted by Gasteiger charge is -2.64. The highest BCUT2D eigenvalue weighted by atomic mass is 32.2.